The molecule has 2 aliphatic rings. The molecule has 1 N–H and O–H groups in total. The van der Waals surface area contributed by atoms with Crippen molar-refractivity contribution in [2.45, 2.75) is 58.4 Å². The minimum absolute atomic E-state index is 0.0759. The van der Waals surface area contributed by atoms with Crippen LogP contribution in [0.15, 0.2) is 24.5 Å². The SMILES string of the molecule is Cc1nc2nc(N[C@@H](C)c3cccnc3)nc(C(=O)N3CC(CC(=O)C4CCCCC4)C3)c2s1. The number of aryl methyl sites for hydroxylation is 1. The van der Waals surface area contributed by atoms with Gasteiger partial charge in [-0.15, -0.1) is 11.3 Å². The van der Waals surface area contributed by atoms with Gasteiger partial charge in [0.05, 0.1) is 11.0 Å². The molecule has 3 aromatic heterocycles. The van der Waals surface area contributed by atoms with Crippen molar-refractivity contribution in [2.75, 3.05) is 18.4 Å². The van der Waals surface area contributed by atoms with E-state index < -0.39 is 0 Å². The summed E-state index contributed by atoms with van der Waals surface area (Å²) in [5.74, 6) is 1.13. The van der Waals surface area contributed by atoms with E-state index in [1.165, 1.54) is 30.6 Å². The highest BCUT2D eigenvalue weighted by molar-refractivity contribution is 7.18. The van der Waals surface area contributed by atoms with E-state index >= 15 is 0 Å². The summed E-state index contributed by atoms with van der Waals surface area (Å²) in [6, 6.07) is 3.79. The number of anilines is 1. The monoisotopic (exact) mass is 478 g/mol. The quantitative estimate of drug-likeness (QED) is 0.531. The van der Waals surface area contributed by atoms with E-state index in [0.29, 0.717) is 47.3 Å². The number of ketones is 1. The van der Waals surface area contributed by atoms with Crippen LogP contribution in [0.2, 0.25) is 0 Å². The number of thiazole rings is 1. The van der Waals surface area contributed by atoms with Crippen molar-refractivity contribution in [3.05, 3.63) is 40.8 Å². The second-order valence-corrected chi connectivity index (χ2v) is 10.7. The number of aromatic nitrogens is 4. The molecule has 0 unspecified atom stereocenters. The Labute approximate surface area is 203 Å². The summed E-state index contributed by atoms with van der Waals surface area (Å²) >= 11 is 1.44. The Morgan fingerprint density at radius 2 is 1.97 bits per heavy atom. The molecule has 1 amide bonds. The van der Waals surface area contributed by atoms with Gasteiger partial charge in [-0.25, -0.2) is 9.97 Å². The summed E-state index contributed by atoms with van der Waals surface area (Å²) < 4.78 is 0.712. The molecular formula is C25H30N6O2S. The average Bonchev–Trinajstić information content (AvgIpc) is 3.21. The summed E-state index contributed by atoms with van der Waals surface area (Å²) in [7, 11) is 0. The number of fused-ring (bicyclic) bond motifs is 1. The smallest absolute Gasteiger partial charge is 0.274 e. The number of Topliss-reactive ketones (excluding diaryl/α,β-unsaturated/α-hetero) is 1. The van der Waals surface area contributed by atoms with Gasteiger partial charge in [-0.2, -0.15) is 4.98 Å². The zero-order chi connectivity index (χ0) is 23.7. The Morgan fingerprint density at radius 3 is 2.71 bits per heavy atom. The highest BCUT2D eigenvalue weighted by atomic mass is 32.1. The molecule has 1 atom stereocenters. The van der Waals surface area contributed by atoms with E-state index in [1.807, 2.05) is 26.0 Å². The second-order valence-electron chi connectivity index (χ2n) is 9.52. The highest BCUT2D eigenvalue weighted by Gasteiger charge is 2.36. The summed E-state index contributed by atoms with van der Waals surface area (Å²) in [5.41, 5.74) is 1.92. The average molecular weight is 479 g/mol. The lowest BCUT2D eigenvalue weighted by Crippen LogP contribution is -2.51. The molecule has 0 aromatic carbocycles. The predicted molar refractivity (Wildman–Crippen MR) is 132 cm³/mol. The first kappa shape index (κ1) is 22.8. The minimum atomic E-state index is -0.116. The van der Waals surface area contributed by atoms with Crippen molar-refractivity contribution < 1.29 is 9.59 Å². The molecule has 1 saturated heterocycles. The zero-order valence-electron chi connectivity index (χ0n) is 19.7. The number of pyridine rings is 1. The van der Waals surface area contributed by atoms with Crippen LogP contribution < -0.4 is 5.32 Å². The second kappa shape index (κ2) is 9.74. The van der Waals surface area contributed by atoms with Crippen molar-refractivity contribution >= 4 is 39.3 Å². The minimum Gasteiger partial charge on any atom is -0.348 e. The van der Waals surface area contributed by atoms with Gasteiger partial charge in [-0.05, 0) is 38.3 Å². The Bertz CT molecular complexity index is 1180. The molecule has 0 bridgehead atoms. The maximum Gasteiger partial charge on any atom is 0.274 e. The number of rotatable bonds is 7. The van der Waals surface area contributed by atoms with Crippen LogP contribution in [0.1, 0.15) is 72.6 Å². The first-order valence-corrected chi connectivity index (χ1v) is 12.9. The molecule has 1 aliphatic carbocycles. The highest BCUT2D eigenvalue weighted by Crippen LogP contribution is 2.31. The molecule has 9 heteroatoms. The molecule has 1 saturated carbocycles. The topological polar surface area (TPSA) is 101 Å². The summed E-state index contributed by atoms with van der Waals surface area (Å²) in [5, 5.41) is 4.13. The third kappa shape index (κ3) is 4.80. The van der Waals surface area contributed by atoms with Gasteiger partial charge in [0.25, 0.3) is 5.91 Å². The van der Waals surface area contributed by atoms with Gasteiger partial charge in [0.2, 0.25) is 5.95 Å². The van der Waals surface area contributed by atoms with Crippen LogP contribution in [0.3, 0.4) is 0 Å². The maximum atomic E-state index is 13.4. The lowest BCUT2D eigenvalue weighted by Gasteiger charge is -2.39. The Hall–Kier alpha value is -2.94. The van der Waals surface area contributed by atoms with Gasteiger partial charge in [0, 0.05) is 43.7 Å². The number of nitrogens with zero attached hydrogens (tertiary/aromatic N) is 5. The number of hydrogen-bond donors (Lipinski definition) is 1. The van der Waals surface area contributed by atoms with E-state index in [-0.39, 0.29) is 23.8 Å². The fraction of sp³-hybridized carbons (Fsp3) is 0.520. The molecule has 0 radical (unpaired) electrons. The molecule has 34 heavy (non-hydrogen) atoms. The Balaban J connectivity index is 1.29. The van der Waals surface area contributed by atoms with Gasteiger partial charge in [-0.3, -0.25) is 14.6 Å². The fourth-order valence-corrected chi connectivity index (χ4v) is 5.78. The fourth-order valence-electron chi connectivity index (χ4n) is 4.94. The first-order valence-electron chi connectivity index (χ1n) is 12.1. The predicted octanol–water partition coefficient (Wildman–Crippen LogP) is 4.57. The molecular weight excluding hydrogens is 448 g/mol. The van der Waals surface area contributed by atoms with Crippen LogP contribution in [0, 0.1) is 18.8 Å². The number of hydrogen-bond acceptors (Lipinski definition) is 8. The molecule has 178 valence electrons. The molecule has 2 fully saturated rings. The van der Waals surface area contributed by atoms with Crippen LogP contribution in [-0.2, 0) is 4.79 Å². The zero-order valence-corrected chi connectivity index (χ0v) is 20.5. The van der Waals surface area contributed by atoms with Gasteiger partial charge < -0.3 is 10.2 Å². The van der Waals surface area contributed by atoms with Gasteiger partial charge in [0.1, 0.15) is 10.5 Å². The number of carbonyl (C=O) groups is 2. The summed E-state index contributed by atoms with van der Waals surface area (Å²) in [6.07, 6.45) is 9.76. The van der Waals surface area contributed by atoms with E-state index in [9.17, 15) is 9.59 Å². The third-order valence-corrected chi connectivity index (χ3v) is 7.85. The number of amides is 1. The molecule has 8 nitrogen and oxygen atoms in total. The van der Waals surface area contributed by atoms with Crippen molar-refractivity contribution in [3.8, 4) is 0 Å². The van der Waals surface area contributed by atoms with Crippen molar-refractivity contribution in [1.29, 1.82) is 0 Å². The lowest BCUT2D eigenvalue weighted by atomic mass is 9.81. The summed E-state index contributed by atoms with van der Waals surface area (Å²) in [4.78, 5) is 45.7. The van der Waals surface area contributed by atoms with Crippen molar-refractivity contribution in [3.63, 3.8) is 0 Å². The molecule has 5 rings (SSSR count). The molecule has 4 heterocycles. The van der Waals surface area contributed by atoms with Crippen LogP contribution >= 0.6 is 11.3 Å². The number of likely N-dealkylation sites (tertiary alicyclic amines) is 1. The van der Waals surface area contributed by atoms with Crippen molar-refractivity contribution in [1.82, 2.24) is 24.8 Å². The van der Waals surface area contributed by atoms with E-state index in [1.54, 1.807) is 17.3 Å². The maximum absolute atomic E-state index is 13.4. The number of nitrogens with one attached hydrogen (secondary N) is 1. The molecule has 0 spiro atoms. The van der Waals surface area contributed by atoms with Crippen LogP contribution in [0.25, 0.3) is 10.3 Å². The van der Waals surface area contributed by atoms with Crippen LogP contribution in [0.4, 0.5) is 5.95 Å². The third-order valence-electron chi connectivity index (χ3n) is 6.89. The molecule has 3 aromatic rings. The largest absolute Gasteiger partial charge is 0.348 e. The Kier molecular flexibility index (Phi) is 6.54. The normalized spacial score (nSPS) is 18.0. The molecule has 1 aliphatic heterocycles. The van der Waals surface area contributed by atoms with Crippen LogP contribution in [-0.4, -0.2) is 49.6 Å². The van der Waals surface area contributed by atoms with Crippen LogP contribution in [0.5, 0.6) is 0 Å². The summed E-state index contributed by atoms with van der Waals surface area (Å²) in [6.45, 7) is 5.12. The van der Waals surface area contributed by atoms with Gasteiger partial charge in [-0.1, -0.05) is 25.3 Å². The number of carbonyl (C=O) groups excluding carboxylic acids is 2. The lowest BCUT2D eigenvalue weighted by molar-refractivity contribution is -0.125. The Morgan fingerprint density at radius 1 is 1.18 bits per heavy atom. The van der Waals surface area contributed by atoms with Gasteiger partial charge >= 0.3 is 0 Å². The van der Waals surface area contributed by atoms with E-state index in [2.05, 4.69) is 25.3 Å². The standard InChI is InChI=1S/C25H30N6O2S/c1-15(19-9-6-10-26-12-19)27-25-29-21(22-23(30-25)28-16(2)34-22)24(33)31-13-17(14-31)11-20(32)18-7-4-3-5-8-18/h6,9-10,12,15,17-18H,3-5,7-8,11,13-14H2,1-2H3,(H,27,29,30)/t15-/m0/s1. The van der Waals surface area contributed by atoms with Gasteiger partial charge in [0.15, 0.2) is 11.3 Å². The van der Waals surface area contributed by atoms with E-state index in [0.717, 1.165) is 23.4 Å². The first-order chi connectivity index (χ1) is 16.5. The van der Waals surface area contributed by atoms with Crippen molar-refractivity contribution in [2.24, 2.45) is 11.8 Å². The van der Waals surface area contributed by atoms with E-state index in [4.69, 9.17) is 0 Å².